The predicted octanol–water partition coefficient (Wildman–Crippen LogP) is -1.18. The number of carboxylic acid groups (broad SMARTS) is 1. The Hall–Kier alpha value is -2.16. The van der Waals surface area contributed by atoms with Gasteiger partial charge in [0.2, 0.25) is 17.7 Å². The Balaban J connectivity index is 4.63. The molecule has 0 saturated carbocycles. The molecule has 3 amide bonds. The van der Waals surface area contributed by atoms with E-state index in [1.807, 2.05) is 6.92 Å². The van der Waals surface area contributed by atoms with Gasteiger partial charge >= 0.3 is 5.97 Å². The average Bonchev–Trinajstić information content (AvgIpc) is 2.53. The summed E-state index contributed by atoms with van der Waals surface area (Å²) in [4.78, 5) is 46.4. The molecule has 0 rings (SSSR count). The summed E-state index contributed by atoms with van der Waals surface area (Å²) < 4.78 is 0. The minimum atomic E-state index is -1.13. The van der Waals surface area contributed by atoms with Crippen LogP contribution in [0.2, 0.25) is 0 Å². The van der Waals surface area contributed by atoms with Gasteiger partial charge in [-0.15, -0.1) is 0 Å². The molecule has 0 aromatic heterocycles. The number of carboxylic acids is 1. The number of rotatable bonds is 10. The van der Waals surface area contributed by atoms with Gasteiger partial charge in [0.25, 0.3) is 0 Å². The number of aliphatic carboxylic acids is 1. The lowest BCUT2D eigenvalue weighted by molar-refractivity contribution is -0.143. The van der Waals surface area contributed by atoms with E-state index < -0.39 is 35.8 Å². The molecule has 24 heavy (non-hydrogen) atoms. The van der Waals surface area contributed by atoms with Crippen molar-refractivity contribution in [3.63, 3.8) is 0 Å². The van der Waals surface area contributed by atoms with Crippen LogP contribution in [0.4, 0.5) is 0 Å². The fraction of sp³-hybridized carbons (Fsp3) is 0.733. The summed E-state index contributed by atoms with van der Waals surface area (Å²) in [6, 6.07) is -1.84. The van der Waals surface area contributed by atoms with Gasteiger partial charge in [0.05, 0.1) is 13.1 Å². The SMILES string of the molecule is CCC(C)C(NC(=O)CNC(=O)C(NC(=O)CN)C(C)C)C(=O)O. The Bertz CT molecular complexity index is 467. The molecule has 0 bridgehead atoms. The summed E-state index contributed by atoms with van der Waals surface area (Å²) in [5.74, 6) is -3.18. The van der Waals surface area contributed by atoms with Gasteiger partial charge in [0.15, 0.2) is 0 Å². The lowest BCUT2D eigenvalue weighted by atomic mass is 9.99. The van der Waals surface area contributed by atoms with Gasteiger partial charge in [0.1, 0.15) is 12.1 Å². The molecule has 0 aliphatic heterocycles. The third-order valence-electron chi connectivity index (χ3n) is 3.67. The first kappa shape index (κ1) is 21.8. The summed E-state index contributed by atoms with van der Waals surface area (Å²) in [7, 11) is 0. The standard InChI is InChI=1S/C15H28N4O5/c1-5-9(4)13(15(23)24)19-11(21)7-17-14(22)12(8(2)3)18-10(20)6-16/h8-9,12-13H,5-7,16H2,1-4H3,(H,17,22)(H,18,20)(H,19,21)(H,23,24). The topological polar surface area (TPSA) is 151 Å². The lowest BCUT2D eigenvalue weighted by Crippen LogP contribution is -2.54. The van der Waals surface area contributed by atoms with Gasteiger partial charge in [0, 0.05) is 0 Å². The molecule has 0 saturated heterocycles. The second kappa shape index (κ2) is 10.6. The maximum atomic E-state index is 12.1. The van der Waals surface area contributed by atoms with Crippen molar-refractivity contribution in [2.24, 2.45) is 17.6 Å². The predicted molar refractivity (Wildman–Crippen MR) is 87.9 cm³/mol. The Morgan fingerprint density at radius 3 is 1.96 bits per heavy atom. The highest BCUT2D eigenvalue weighted by Gasteiger charge is 2.27. The van der Waals surface area contributed by atoms with E-state index in [1.165, 1.54) is 0 Å². The Kier molecular flexibility index (Phi) is 9.63. The zero-order valence-corrected chi connectivity index (χ0v) is 14.6. The number of hydrogen-bond donors (Lipinski definition) is 5. The number of hydrogen-bond acceptors (Lipinski definition) is 5. The molecule has 0 aromatic carbocycles. The fourth-order valence-electron chi connectivity index (χ4n) is 1.95. The average molecular weight is 344 g/mol. The van der Waals surface area contributed by atoms with Crippen molar-refractivity contribution in [3.8, 4) is 0 Å². The Morgan fingerprint density at radius 2 is 1.54 bits per heavy atom. The molecule has 3 unspecified atom stereocenters. The molecule has 0 spiro atoms. The first-order valence-corrected chi connectivity index (χ1v) is 7.93. The monoisotopic (exact) mass is 344 g/mol. The van der Waals surface area contributed by atoms with Gasteiger partial charge in [-0.25, -0.2) is 4.79 Å². The van der Waals surface area contributed by atoms with Crippen molar-refractivity contribution in [1.29, 1.82) is 0 Å². The number of carbonyl (C=O) groups is 4. The number of nitrogens with two attached hydrogens (primary N) is 1. The summed E-state index contributed by atoms with van der Waals surface area (Å²) in [6.07, 6.45) is 0.587. The van der Waals surface area contributed by atoms with E-state index in [1.54, 1.807) is 20.8 Å². The number of amides is 3. The lowest BCUT2D eigenvalue weighted by Gasteiger charge is -2.22. The molecule has 0 aliphatic carbocycles. The zero-order valence-electron chi connectivity index (χ0n) is 14.6. The summed E-state index contributed by atoms with van der Waals surface area (Å²) in [5, 5.41) is 16.4. The van der Waals surface area contributed by atoms with Crippen LogP contribution in [0.25, 0.3) is 0 Å². The molecule has 6 N–H and O–H groups in total. The van der Waals surface area contributed by atoms with E-state index in [0.717, 1.165) is 0 Å². The van der Waals surface area contributed by atoms with Crippen LogP contribution in [0.5, 0.6) is 0 Å². The van der Waals surface area contributed by atoms with E-state index in [4.69, 9.17) is 10.8 Å². The van der Waals surface area contributed by atoms with Crippen molar-refractivity contribution in [2.45, 2.75) is 46.2 Å². The van der Waals surface area contributed by atoms with Crippen molar-refractivity contribution in [1.82, 2.24) is 16.0 Å². The molecule has 9 heteroatoms. The molecule has 138 valence electrons. The molecule has 0 aromatic rings. The van der Waals surface area contributed by atoms with Gasteiger partial charge in [-0.05, 0) is 11.8 Å². The highest BCUT2D eigenvalue weighted by atomic mass is 16.4. The maximum Gasteiger partial charge on any atom is 0.326 e. The summed E-state index contributed by atoms with van der Waals surface area (Å²) >= 11 is 0. The quantitative estimate of drug-likeness (QED) is 0.336. The molecular weight excluding hydrogens is 316 g/mol. The Morgan fingerprint density at radius 1 is 1.00 bits per heavy atom. The highest BCUT2D eigenvalue weighted by molar-refractivity contribution is 5.92. The van der Waals surface area contributed by atoms with Gasteiger partial charge in [-0.1, -0.05) is 34.1 Å². The van der Waals surface area contributed by atoms with E-state index in [9.17, 15) is 19.2 Å². The van der Waals surface area contributed by atoms with Gasteiger partial charge in [-0.3, -0.25) is 14.4 Å². The van der Waals surface area contributed by atoms with Crippen LogP contribution in [0, 0.1) is 11.8 Å². The van der Waals surface area contributed by atoms with E-state index in [-0.39, 0.29) is 24.9 Å². The molecule has 0 heterocycles. The normalized spacial score (nSPS) is 14.4. The van der Waals surface area contributed by atoms with Crippen LogP contribution in [-0.4, -0.2) is 54.0 Å². The van der Waals surface area contributed by atoms with Gasteiger partial charge < -0.3 is 26.8 Å². The molecule has 0 fully saturated rings. The van der Waals surface area contributed by atoms with E-state index >= 15 is 0 Å². The second-order valence-electron chi connectivity index (χ2n) is 5.98. The Labute approximate surface area is 141 Å². The van der Waals surface area contributed by atoms with Crippen LogP contribution in [0.1, 0.15) is 34.1 Å². The third kappa shape index (κ3) is 7.40. The van der Waals surface area contributed by atoms with Gasteiger partial charge in [-0.2, -0.15) is 0 Å². The van der Waals surface area contributed by atoms with Crippen molar-refractivity contribution >= 4 is 23.7 Å². The smallest absolute Gasteiger partial charge is 0.326 e. The molecular formula is C15H28N4O5. The highest BCUT2D eigenvalue weighted by Crippen LogP contribution is 2.07. The number of nitrogens with one attached hydrogen (secondary N) is 3. The molecule has 3 atom stereocenters. The van der Waals surface area contributed by atoms with Crippen LogP contribution in [-0.2, 0) is 19.2 Å². The molecule has 9 nitrogen and oxygen atoms in total. The minimum Gasteiger partial charge on any atom is -0.480 e. The largest absolute Gasteiger partial charge is 0.480 e. The van der Waals surface area contributed by atoms with Crippen molar-refractivity contribution < 1.29 is 24.3 Å². The second-order valence-corrected chi connectivity index (χ2v) is 5.98. The number of carbonyl (C=O) groups excluding carboxylic acids is 3. The molecule has 0 radical (unpaired) electrons. The molecule has 0 aliphatic rings. The first-order valence-electron chi connectivity index (χ1n) is 7.93. The van der Waals surface area contributed by atoms with Crippen LogP contribution in [0.15, 0.2) is 0 Å². The fourth-order valence-corrected chi connectivity index (χ4v) is 1.95. The summed E-state index contributed by atoms with van der Waals surface area (Å²) in [5.41, 5.74) is 5.20. The van der Waals surface area contributed by atoms with E-state index in [2.05, 4.69) is 16.0 Å². The zero-order chi connectivity index (χ0) is 18.9. The summed E-state index contributed by atoms with van der Waals surface area (Å²) in [6.45, 7) is 6.40. The van der Waals surface area contributed by atoms with Crippen LogP contribution >= 0.6 is 0 Å². The van der Waals surface area contributed by atoms with Crippen LogP contribution < -0.4 is 21.7 Å². The minimum absolute atomic E-state index is 0.199. The first-order chi connectivity index (χ1) is 11.1. The van der Waals surface area contributed by atoms with Crippen molar-refractivity contribution in [3.05, 3.63) is 0 Å². The van der Waals surface area contributed by atoms with E-state index in [0.29, 0.717) is 6.42 Å². The third-order valence-corrected chi connectivity index (χ3v) is 3.67. The van der Waals surface area contributed by atoms with Crippen LogP contribution in [0.3, 0.4) is 0 Å². The van der Waals surface area contributed by atoms with Crippen molar-refractivity contribution in [2.75, 3.05) is 13.1 Å². The maximum absolute atomic E-state index is 12.1.